The second kappa shape index (κ2) is 11.0. The zero-order valence-electron chi connectivity index (χ0n) is 23.4. The molecule has 3 heteroatoms. The molecule has 0 unspecified atom stereocenters. The van der Waals surface area contributed by atoms with Gasteiger partial charge in [-0.15, -0.1) is 0 Å². The largest absolute Gasteiger partial charge is 1.00 e. The molecule has 0 heterocycles. The van der Waals surface area contributed by atoms with Crippen molar-refractivity contribution in [3.8, 4) is 0 Å². The van der Waals surface area contributed by atoms with E-state index in [0.29, 0.717) is 0 Å². The van der Waals surface area contributed by atoms with Crippen LogP contribution in [0.25, 0.3) is 32.7 Å². The van der Waals surface area contributed by atoms with Crippen molar-refractivity contribution < 1.29 is 46.1 Å². The van der Waals surface area contributed by atoms with Gasteiger partial charge in [0.15, 0.2) is 0 Å². The zero-order valence-corrected chi connectivity index (χ0v) is 27.4. The first-order chi connectivity index (χ1) is 19.8. The minimum Gasteiger partial charge on any atom is -1.00 e. The van der Waals surface area contributed by atoms with Gasteiger partial charge in [-0.25, -0.2) is 0 Å². The molecule has 5 aliphatic carbocycles. The van der Waals surface area contributed by atoms with Crippen molar-refractivity contribution in [1.82, 2.24) is 0 Å². The van der Waals surface area contributed by atoms with E-state index in [1.165, 1.54) is 80.6 Å². The number of halogens is 2. The number of rotatable bonds is 2. The molecule has 0 spiro atoms. The van der Waals surface area contributed by atoms with Gasteiger partial charge in [0.1, 0.15) is 0 Å². The van der Waals surface area contributed by atoms with E-state index in [0.717, 1.165) is 12.8 Å². The summed E-state index contributed by atoms with van der Waals surface area (Å²) < 4.78 is 5.34. The van der Waals surface area contributed by atoms with Gasteiger partial charge in [0.2, 0.25) is 0 Å². The van der Waals surface area contributed by atoms with E-state index in [1.54, 1.807) is 17.7 Å². The summed E-state index contributed by atoms with van der Waals surface area (Å²) in [5.74, 6) is 0. The third kappa shape index (κ3) is 4.16. The van der Waals surface area contributed by atoms with Crippen LogP contribution in [0.15, 0.2) is 127 Å². The van der Waals surface area contributed by atoms with E-state index in [4.69, 9.17) is 0 Å². The number of benzene rings is 4. The summed E-state index contributed by atoms with van der Waals surface area (Å²) in [4.78, 5) is 0. The molecule has 0 bridgehead atoms. The van der Waals surface area contributed by atoms with Crippen LogP contribution >= 0.6 is 0 Å². The van der Waals surface area contributed by atoms with Crippen molar-refractivity contribution in [3.63, 3.8) is 0 Å². The van der Waals surface area contributed by atoms with Crippen LogP contribution < -0.4 is 24.8 Å². The molecule has 0 atom stereocenters. The maximum atomic E-state index is 2.56. The first-order valence-electron chi connectivity index (χ1n) is 14.9. The first-order valence-corrected chi connectivity index (χ1v) is 18.5. The van der Waals surface area contributed by atoms with Gasteiger partial charge in [0.05, 0.1) is 0 Å². The maximum absolute atomic E-state index is 2.56. The second-order valence-electron chi connectivity index (χ2n) is 11.8. The van der Waals surface area contributed by atoms with Crippen molar-refractivity contribution in [2.24, 2.45) is 0 Å². The monoisotopic (exact) mass is 658 g/mol. The summed E-state index contributed by atoms with van der Waals surface area (Å²) in [6.45, 7) is 0. The molecule has 1 fully saturated rings. The van der Waals surface area contributed by atoms with Crippen LogP contribution in [0.2, 0.25) is 0 Å². The molecular formula is C39H30Cl2Zr. The molecule has 0 aromatic heterocycles. The topological polar surface area (TPSA) is 0 Å². The van der Waals surface area contributed by atoms with E-state index in [9.17, 15) is 0 Å². The molecule has 0 saturated heterocycles. The minimum absolute atomic E-state index is 0. The fourth-order valence-electron chi connectivity index (χ4n) is 7.89. The van der Waals surface area contributed by atoms with Gasteiger partial charge >= 0.3 is 245 Å². The fourth-order valence-corrected chi connectivity index (χ4v) is 16.4. The molecule has 9 rings (SSSR count). The summed E-state index contributed by atoms with van der Waals surface area (Å²) in [7, 11) is 0. The van der Waals surface area contributed by atoms with Gasteiger partial charge in [0, 0.05) is 0 Å². The summed E-state index contributed by atoms with van der Waals surface area (Å²) >= 11 is -2.45. The Labute approximate surface area is 267 Å². The Morgan fingerprint density at radius 1 is 0.500 bits per heavy atom. The number of hydrogen-bond acceptors (Lipinski definition) is 0. The molecule has 4 aromatic rings. The normalized spacial score (nSPS) is 17.6. The van der Waals surface area contributed by atoms with Crippen molar-refractivity contribution in [2.75, 3.05) is 0 Å². The molecule has 0 N–H and O–H groups in total. The summed E-state index contributed by atoms with van der Waals surface area (Å²) in [6.07, 6.45) is 22.5. The van der Waals surface area contributed by atoms with Gasteiger partial charge in [0.25, 0.3) is 0 Å². The average molecular weight is 661 g/mol. The zero-order chi connectivity index (χ0) is 26.2. The van der Waals surface area contributed by atoms with Gasteiger partial charge in [-0.1, -0.05) is 0 Å². The molecule has 5 aliphatic rings. The quantitative estimate of drug-likeness (QED) is 0.309. The van der Waals surface area contributed by atoms with Crippen molar-refractivity contribution in [3.05, 3.63) is 149 Å². The predicted octanol–water partition coefficient (Wildman–Crippen LogP) is 3.59. The Bertz CT molecular complexity index is 1900. The molecule has 42 heavy (non-hydrogen) atoms. The predicted molar refractivity (Wildman–Crippen MR) is 167 cm³/mol. The molecule has 0 aliphatic heterocycles. The Balaban J connectivity index is 0.00000144. The smallest absolute Gasteiger partial charge is 1.00 e. The Kier molecular flexibility index (Phi) is 7.34. The molecular weight excluding hydrogens is 631 g/mol. The first kappa shape index (κ1) is 28.0. The van der Waals surface area contributed by atoms with Crippen LogP contribution in [0.4, 0.5) is 0 Å². The minimum atomic E-state index is -2.45. The molecule has 204 valence electrons. The Morgan fingerprint density at radius 3 is 1.48 bits per heavy atom. The Hall–Kier alpha value is -2.83. The van der Waals surface area contributed by atoms with Crippen LogP contribution in [0.1, 0.15) is 47.9 Å². The standard InChI is InChI=1S/2C17H11.C5H8.2ClH.Zr/c2*1-2-6-15-12(4-1)8-10-14-11-9-13-5-3-7-16(13)17(14)15;1-2-4-5-3-1;;;/h2*1-6,8-10H,11H2;1-4H2;2*1H;/q;;;;;+2/p-2. The van der Waals surface area contributed by atoms with Crippen LogP contribution in [-0.4, -0.2) is 3.21 Å². The molecule has 4 aromatic carbocycles. The van der Waals surface area contributed by atoms with Crippen molar-refractivity contribution in [2.45, 2.75) is 38.5 Å². The summed E-state index contributed by atoms with van der Waals surface area (Å²) in [5, 5.41) is 5.58. The summed E-state index contributed by atoms with van der Waals surface area (Å²) in [5.41, 5.74) is 12.1. The SMILES string of the molecule is C1=C[C]([Zr+2]([C]2=C3C(=CCc4ccc5ccccc5c43)C=C2)=[C]2CCCC2)=C2C1=CCc1ccc3ccccc3c12.[Cl-].[Cl-]. The van der Waals surface area contributed by atoms with Crippen LogP contribution in [0.5, 0.6) is 0 Å². The summed E-state index contributed by atoms with van der Waals surface area (Å²) in [6, 6.07) is 27.5. The second-order valence-corrected chi connectivity index (χ2v) is 18.0. The number of allylic oxidation sites excluding steroid dienone is 12. The molecule has 1 saturated carbocycles. The van der Waals surface area contributed by atoms with Gasteiger partial charge in [-0.2, -0.15) is 0 Å². The van der Waals surface area contributed by atoms with Crippen LogP contribution in [-0.2, 0) is 34.1 Å². The third-order valence-corrected chi connectivity index (χ3v) is 17.4. The molecule has 0 amide bonds. The third-order valence-electron chi connectivity index (χ3n) is 9.69. The van der Waals surface area contributed by atoms with E-state index in [1.807, 2.05) is 3.21 Å². The van der Waals surface area contributed by atoms with Crippen molar-refractivity contribution >= 4 is 35.9 Å². The van der Waals surface area contributed by atoms with Crippen LogP contribution in [0, 0.1) is 0 Å². The maximum Gasteiger partial charge on any atom is -1.00 e. The number of fused-ring (bicyclic) bond motifs is 10. The van der Waals surface area contributed by atoms with Gasteiger partial charge in [-0.3, -0.25) is 0 Å². The molecule has 0 radical (unpaired) electrons. The van der Waals surface area contributed by atoms with E-state index in [-0.39, 0.29) is 24.8 Å². The average Bonchev–Trinajstić information content (AvgIpc) is 3.78. The fraction of sp³-hybridized carbons (Fsp3) is 0.154. The van der Waals surface area contributed by atoms with Gasteiger partial charge in [-0.05, 0) is 0 Å². The van der Waals surface area contributed by atoms with E-state index >= 15 is 0 Å². The van der Waals surface area contributed by atoms with E-state index in [2.05, 4.69) is 109 Å². The number of hydrogen-bond donors (Lipinski definition) is 0. The van der Waals surface area contributed by atoms with Crippen molar-refractivity contribution in [1.29, 1.82) is 0 Å². The van der Waals surface area contributed by atoms with E-state index < -0.39 is 21.3 Å². The van der Waals surface area contributed by atoms with Gasteiger partial charge < -0.3 is 24.8 Å². The molecule has 0 nitrogen and oxygen atoms in total. The van der Waals surface area contributed by atoms with Crippen LogP contribution in [0.3, 0.4) is 0 Å². The Morgan fingerprint density at radius 2 is 0.976 bits per heavy atom.